The summed E-state index contributed by atoms with van der Waals surface area (Å²) in [7, 11) is 1.87. The Morgan fingerprint density at radius 3 is 2.46 bits per heavy atom. The quantitative estimate of drug-likeness (QED) is 0.314. The molecule has 0 saturated carbocycles. The molecule has 0 N–H and O–H groups in total. The highest BCUT2D eigenvalue weighted by atomic mass is 35.5. The maximum Gasteiger partial charge on any atom is 0.258 e. The zero-order chi connectivity index (χ0) is 28.2. The molecule has 6 heterocycles. The molecule has 11 heteroatoms. The first-order valence-corrected chi connectivity index (χ1v) is 13.6. The van der Waals surface area contributed by atoms with Crippen LogP contribution in [0.15, 0.2) is 67.4 Å². The van der Waals surface area contributed by atoms with Crippen LogP contribution in [0.5, 0.6) is 0 Å². The Bertz CT molecular complexity index is 1820. The van der Waals surface area contributed by atoms with E-state index in [-0.39, 0.29) is 28.3 Å². The smallest absolute Gasteiger partial charge is 0.258 e. The zero-order valence-corrected chi connectivity index (χ0v) is 22.8. The summed E-state index contributed by atoms with van der Waals surface area (Å²) >= 11 is 6.14. The Labute approximate surface area is 240 Å². The maximum atomic E-state index is 14.3. The molecule has 1 amide bonds. The largest absolute Gasteiger partial charge is 0.356 e. The van der Waals surface area contributed by atoms with Crippen LogP contribution in [0.4, 0.5) is 10.2 Å². The molecule has 2 atom stereocenters. The van der Waals surface area contributed by atoms with Crippen LogP contribution in [0.25, 0.3) is 27.8 Å². The summed E-state index contributed by atoms with van der Waals surface area (Å²) < 4.78 is 17.8. The second-order valence-electron chi connectivity index (χ2n) is 10.6. The summed E-state index contributed by atoms with van der Waals surface area (Å²) in [6.45, 7) is 2.63. The van der Waals surface area contributed by atoms with Crippen molar-refractivity contribution in [2.75, 3.05) is 31.1 Å². The summed E-state index contributed by atoms with van der Waals surface area (Å²) in [5.41, 5.74) is 4.78. The van der Waals surface area contributed by atoms with Gasteiger partial charge in [0.1, 0.15) is 17.7 Å². The molecule has 0 bridgehead atoms. The number of carbonyl (C=O) groups excluding carboxylic acids is 1. The van der Waals surface area contributed by atoms with Crippen LogP contribution in [-0.2, 0) is 7.05 Å². The molecule has 9 nitrogen and oxygen atoms in total. The second-order valence-corrected chi connectivity index (χ2v) is 11.1. The van der Waals surface area contributed by atoms with Gasteiger partial charge in [-0.1, -0.05) is 17.7 Å². The summed E-state index contributed by atoms with van der Waals surface area (Å²) in [5, 5.41) is 18.5. The minimum absolute atomic E-state index is 0.0531. The van der Waals surface area contributed by atoms with Crippen molar-refractivity contribution in [2.24, 2.45) is 18.9 Å². The van der Waals surface area contributed by atoms with Gasteiger partial charge in [0.2, 0.25) is 0 Å². The van der Waals surface area contributed by atoms with Gasteiger partial charge in [0.05, 0.1) is 34.1 Å². The number of aryl methyl sites for hydroxylation is 1. The minimum atomic E-state index is -0.591. The van der Waals surface area contributed by atoms with E-state index in [9.17, 15) is 14.4 Å². The fraction of sp³-hybridized carbons (Fsp3) is 0.233. The number of amides is 1. The average Bonchev–Trinajstić information content (AvgIpc) is 3.75. The van der Waals surface area contributed by atoms with Crippen molar-refractivity contribution in [3.05, 3.63) is 89.3 Å². The standard InChI is InChI=1S/C30H24ClFN8O/c1-37-12-21(11-35-37)19-7-24(29-20(8-33)10-36-40(29)17-19)18-5-6-27(34-9-18)38-13-22-15-39(16-23(22)14-38)30(41)28-25(31)3-2-4-26(28)32/h2-7,9-12,17,22-23H,13-16H2,1H3/t22-,23+. The van der Waals surface area contributed by atoms with Gasteiger partial charge in [-0.2, -0.15) is 15.5 Å². The van der Waals surface area contributed by atoms with Crippen molar-refractivity contribution in [1.29, 1.82) is 5.26 Å². The average molecular weight is 567 g/mol. The number of likely N-dealkylation sites (tertiary alicyclic amines) is 1. The predicted molar refractivity (Wildman–Crippen MR) is 152 cm³/mol. The number of carbonyl (C=O) groups is 1. The highest BCUT2D eigenvalue weighted by molar-refractivity contribution is 6.33. The lowest BCUT2D eigenvalue weighted by Gasteiger charge is -2.23. The third-order valence-electron chi connectivity index (χ3n) is 8.10. The van der Waals surface area contributed by atoms with Crippen LogP contribution in [0, 0.1) is 29.0 Å². The number of nitriles is 1. The van der Waals surface area contributed by atoms with Crippen LogP contribution in [-0.4, -0.2) is 61.4 Å². The molecule has 7 rings (SSSR count). The van der Waals surface area contributed by atoms with Gasteiger partial charge in [-0.15, -0.1) is 0 Å². The number of nitrogens with zero attached hydrogens (tertiary/aromatic N) is 8. The van der Waals surface area contributed by atoms with Gasteiger partial charge in [0, 0.05) is 85.9 Å². The third kappa shape index (κ3) is 4.30. The Morgan fingerprint density at radius 2 is 1.80 bits per heavy atom. The second kappa shape index (κ2) is 9.71. The van der Waals surface area contributed by atoms with E-state index in [1.807, 2.05) is 43.8 Å². The molecular weight excluding hydrogens is 543 g/mol. The van der Waals surface area contributed by atoms with Gasteiger partial charge >= 0.3 is 0 Å². The Hall–Kier alpha value is -4.75. The van der Waals surface area contributed by atoms with Crippen molar-refractivity contribution in [3.8, 4) is 28.3 Å². The lowest BCUT2D eigenvalue weighted by atomic mass is 10.0. The first-order valence-electron chi connectivity index (χ1n) is 13.2. The van der Waals surface area contributed by atoms with Crippen molar-refractivity contribution in [3.63, 3.8) is 0 Å². The summed E-state index contributed by atoms with van der Waals surface area (Å²) in [5.74, 6) is 0.449. The van der Waals surface area contributed by atoms with Gasteiger partial charge in [0.15, 0.2) is 0 Å². The molecule has 204 valence electrons. The fourth-order valence-electron chi connectivity index (χ4n) is 6.09. The van der Waals surface area contributed by atoms with E-state index in [0.29, 0.717) is 18.7 Å². The van der Waals surface area contributed by atoms with Gasteiger partial charge in [0.25, 0.3) is 5.91 Å². The monoisotopic (exact) mass is 566 g/mol. The van der Waals surface area contributed by atoms with Crippen molar-refractivity contribution >= 4 is 28.8 Å². The van der Waals surface area contributed by atoms with Crippen LogP contribution in [0.3, 0.4) is 0 Å². The minimum Gasteiger partial charge on any atom is -0.356 e. The topological polar surface area (TPSA) is 95.3 Å². The highest BCUT2D eigenvalue weighted by Crippen LogP contribution is 2.36. The van der Waals surface area contributed by atoms with E-state index in [1.54, 1.807) is 32.6 Å². The normalized spacial score (nSPS) is 18.2. The molecule has 2 aliphatic heterocycles. The van der Waals surface area contributed by atoms with Crippen molar-refractivity contribution < 1.29 is 9.18 Å². The van der Waals surface area contributed by atoms with Gasteiger partial charge in [-0.05, 0) is 30.3 Å². The SMILES string of the molecule is Cn1cc(-c2cc(-c3ccc(N4C[C@H]5CN(C(=O)c6c(F)cccc6Cl)C[C@H]5C4)nc3)c3c(C#N)cnn3c2)cn1. The Balaban J connectivity index is 1.12. The van der Waals surface area contributed by atoms with Gasteiger partial charge < -0.3 is 9.80 Å². The summed E-state index contributed by atoms with van der Waals surface area (Å²) in [6, 6.07) is 12.6. The molecule has 2 fully saturated rings. The molecule has 0 unspecified atom stereocenters. The van der Waals surface area contributed by atoms with E-state index in [4.69, 9.17) is 16.6 Å². The lowest BCUT2D eigenvalue weighted by Crippen LogP contribution is -2.34. The molecule has 5 aromatic rings. The molecule has 0 radical (unpaired) electrons. The van der Waals surface area contributed by atoms with E-state index in [1.165, 1.54) is 12.1 Å². The van der Waals surface area contributed by atoms with E-state index >= 15 is 0 Å². The Kier molecular flexibility index (Phi) is 5.98. The number of hydrogen-bond acceptors (Lipinski definition) is 6. The van der Waals surface area contributed by atoms with Crippen molar-refractivity contribution in [1.82, 2.24) is 29.3 Å². The number of anilines is 1. The molecule has 0 aliphatic carbocycles. The summed E-state index contributed by atoms with van der Waals surface area (Å²) in [4.78, 5) is 21.8. The number of fused-ring (bicyclic) bond motifs is 2. The Morgan fingerprint density at radius 1 is 1.00 bits per heavy atom. The highest BCUT2D eigenvalue weighted by Gasteiger charge is 2.42. The molecule has 4 aromatic heterocycles. The number of aromatic nitrogens is 5. The first-order chi connectivity index (χ1) is 19.9. The lowest BCUT2D eigenvalue weighted by molar-refractivity contribution is 0.0778. The first kappa shape index (κ1) is 25.2. The summed E-state index contributed by atoms with van der Waals surface area (Å²) in [6.07, 6.45) is 9.03. The van der Waals surface area contributed by atoms with Crippen LogP contribution < -0.4 is 4.90 Å². The zero-order valence-electron chi connectivity index (χ0n) is 22.1. The number of hydrogen-bond donors (Lipinski definition) is 0. The molecule has 41 heavy (non-hydrogen) atoms. The van der Waals surface area contributed by atoms with Gasteiger partial charge in [-0.3, -0.25) is 9.48 Å². The predicted octanol–water partition coefficient (Wildman–Crippen LogP) is 4.67. The maximum absolute atomic E-state index is 14.3. The molecule has 1 aromatic carbocycles. The van der Waals surface area contributed by atoms with Gasteiger partial charge in [-0.25, -0.2) is 13.9 Å². The molecule has 0 spiro atoms. The van der Waals surface area contributed by atoms with Crippen LogP contribution in [0.1, 0.15) is 15.9 Å². The number of benzene rings is 1. The van der Waals surface area contributed by atoms with E-state index in [2.05, 4.69) is 21.2 Å². The fourth-order valence-corrected chi connectivity index (χ4v) is 6.33. The van der Waals surface area contributed by atoms with E-state index < -0.39 is 5.82 Å². The third-order valence-corrected chi connectivity index (χ3v) is 8.42. The van der Waals surface area contributed by atoms with Crippen molar-refractivity contribution in [2.45, 2.75) is 0 Å². The van der Waals surface area contributed by atoms with Crippen LogP contribution in [0.2, 0.25) is 5.02 Å². The van der Waals surface area contributed by atoms with Crippen LogP contribution >= 0.6 is 11.6 Å². The molecule has 2 saturated heterocycles. The number of pyridine rings is 2. The van der Waals surface area contributed by atoms with E-state index in [0.717, 1.165) is 46.7 Å². The number of rotatable bonds is 4. The number of halogens is 2. The molecule has 2 aliphatic rings. The molecular formula is C30H24ClFN8O.